The van der Waals surface area contributed by atoms with Crippen molar-refractivity contribution >= 4 is 17.9 Å². The van der Waals surface area contributed by atoms with E-state index in [1.54, 1.807) is 0 Å². The van der Waals surface area contributed by atoms with Gasteiger partial charge in [-0.15, -0.1) is 0 Å². The van der Waals surface area contributed by atoms with E-state index in [1.165, 1.54) is 0 Å². The van der Waals surface area contributed by atoms with Crippen LogP contribution in [-0.2, 0) is 30.0 Å². The monoisotopic (exact) mass is 282 g/mol. The zero-order valence-corrected chi connectivity index (χ0v) is 9.19. The van der Waals surface area contributed by atoms with E-state index in [0.29, 0.717) is 0 Å². The van der Waals surface area contributed by atoms with Crippen LogP contribution < -0.4 is 0 Å². The van der Waals surface area contributed by atoms with Crippen LogP contribution >= 0.6 is 0 Å². The van der Waals surface area contributed by atoms with Crippen molar-refractivity contribution in [1.29, 1.82) is 4.20 Å². The topological polar surface area (TPSA) is 199 Å². The van der Waals surface area contributed by atoms with Crippen LogP contribution in [0.1, 0.15) is 0 Å². The van der Waals surface area contributed by atoms with E-state index in [1.807, 2.05) is 15.6 Å². The number of carboxylic acids is 3. The third-order valence-corrected chi connectivity index (χ3v) is 0. The zero-order chi connectivity index (χ0) is 12.7. The molecule has 0 radical (unpaired) electrons. The molecule has 10 heteroatoms. The van der Waals surface area contributed by atoms with Crippen LogP contribution in [0.15, 0.2) is 0 Å². The summed E-state index contributed by atoms with van der Waals surface area (Å²) in [6.07, 6.45) is 0. The molecular formula is C6H13MnNO8-3. The fourth-order valence-corrected chi connectivity index (χ4v) is 0. The van der Waals surface area contributed by atoms with Gasteiger partial charge >= 0.3 is 19.8 Å². The van der Waals surface area contributed by atoms with Crippen LogP contribution in [0, 0.1) is 25.0 Å². The van der Waals surface area contributed by atoms with Gasteiger partial charge in [-0.25, -0.2) is 0 Å². The fourth-order valence-electron chi connectivity index (χ4n) is 0. The van der Waals surface area contributed by atoms with Gasteiger partial charge in [-0.1, -0.05) is 0 Å². The van der Waals surface area contributed by atoms with E-state index in [9.17, 15) is 0 Å². The summed E-state index contributed by atoms with van der Waals surface area (Å²) in [6, 6.07) is 0. The van der Waals surface area contributed by atoms with Gasteiger partial charge in [-0.3, -0.25) is 35.2 Å². The number of nitrogens with zero attached hydrogens (tertiary/aromatic N) is 1. The molecule has 7 N–H and O–H groups in total. The number of rotatable bonds is 0. The second-order valence-corrected chi connectivity index (χ2v) is 1.18. The molecule has 0 spiro atoms. The van der Waals surface area contributed by atoms with Gasteiger partial charge in [0.1, 0.15) is 0 Å². The first-order chi connectivity index (χ1) is 6.20. The Hall–Kier alpha value is -1.83. The molecule has 0 aliphatic rings. The van der Waals surface area contributed by atoms with Gasteiger partial charge in [0.15, 0.2) is 17.9 Å². The molecule has 0 aromatic carbocycles. The second-order valence-electron chi connectivity index (χ2n) is 1.18. The predicted octanol–water partition coefficient (Wildman–Crippen LogP) is -1.92. The average Bonchev–Trinajstić information content (AvgIpc) is 1.86. The van der Waals surface area contributed by atoms with Gasteiger partial charge in [0.25, 0.3) is 0 Å². The summed E-state index contributed by atoms with van der Waals surface area (Å²) in [5, 5.41) is 21.9. The molecule has 0 bridgehead atoms. The Morgan fingerprint density at radius 3 is 0.750 bits per heavy atom. The number of aliphatic carboxylic acids is 3. The van der Waals surface area contributed by atoms with Gasteiger partial charge in [0, 0.05) is 0 Å². The summed E-state index contributed by atoms with van der Waals surface area (Å²) in [7, 11) is 0. The van der Waals surface area contributed by atoms with Crippen molar-refractivity contribution in [3.8, 4) is 0 Å². The number of hydrogen-bond acceptors (Lipinski definition) is 4. The molecule has 9 nitrogen and oxygen atoms in total. The van der Waals surface area contributed by atoms with Crippen molar-refractivity contribution in [2.45, 2.75) is 0 Å². The second kappa shape index (κ2) is 37.9. The molecule has 100 valence electrons. The Labute approximate surface area is 99.8 Å². The Morgan fingerprint density at radius 1 is 0.750 bits per heavy atom. The summed E-state index contributed by atoms with van der Waals surface area (Å²) in [5.41, 5.74) is 0. The number of hydrogen-bond donors (Lipinski definition) is 3. The number of carbonyl (C=O) groups is 3. The molecule has 0 saturated carbocycles. The number of carboxylic acid groups (broad SMARTS) is 3. The van der Waals surface area contributed by atoms with Crippen molar-refractivity contribution in [2.75, 3.05) is 0 Å². The SMILES string of the molecule is O.O.[CH2-]C(=O)O.[CH2-]C(=O)O.[CH2-]C(=O)O.[N]#[Mn]. The van der Waals surface area contributed by atoms with Crippen LogP contribution in [0.25, 0.3) is 0 Å². The van der Waals surface area contributed by atoms with E-state index in [-0.39, 0.29) is 11.0 Å². The molecule has 0 heterocycles. The first-order valence-corrected chi connectivity index (χ1v) is 3.04. The van der Waals surface area contributed by atoms with Crippen LogP contribution in [-0.4, -0.2) is 44.2 Å². The van der Waals surface area contributed by atoms with Gasteiger partial charge in [0.2, 0.25) is 0 Å². The third kappa shape index (κ3) is 453. The van der Waals surface area contributed by atoms with Crippen molar-refractivity contribution in [2.24, 2.45) is 0 Å². The summed E-state index contributed by atoms with van der Waals surface area (Å²) in [6.45, 7) is 7.67. The molecular weight excluding hydrogens is 269 g/mol. The van der Waals surface area contributed by atoms with Gasteiger partial charge < -0.3 is 26.3 Å². The van der Waals surface area contributed by atoms with Crippen LogP contribution in [0.4, 0.5) is 0 Å². The van der Waals surface area contributed by atoms with E-state index in [0.717, 1.165) is 0 Å². The molecule has 0 aliphatic heterocycles. The molecule has 0 amide bonds. The molecule has 0 unspecified atom stereocenters. The predicted molar refractivity (Wildman–Crippen MR) is 47.9 cm³/mol. The standard InChI is InChI=1S/3C2H3O2.Mn.N.2H2O/c3*1-2(3)4;;;;/h3*1H2,(H,3,4);;;2*1H2/q3*-1;;;;. The van der Waals surface area contributed by atoms with Crippen LogP contribution in [0.2, 0.25) is 0 Å². The first-order valence-electron chi connectivity index (χ1n) is 2.51. The van der Waals surface area contributed by atoms with Crippen molar-refractivity contribution in [3.05, 3.63) is 20.8 Å². The molecule has 0 fully saturated rings. The van der Waals surface area contributed by atoms with Gasteiger partial charge in [0.05, 0.1) is 0 Å². The van der Waals surface area contributed by atoms with Gasteiger partial charge in [-0.05, 0) is 0 Å². The van der Waals surface area contributed by atoms with E-state index < -0.39 is 17.9 Å². The Morgan fingerprint density at radius 2 is 0.750 bits per heavy atom. The summed E-state index contributed by atoms with van der Waals surface area (Å²) in [5.74, 6) is -3.25. The first kappa shape index (κ1) is 36.8. The molecule has 0 aromatic heterocycles. The summed E-state index contributed by atoms with van der Waals surface area (Å²) in [4.78, 5) is 26.7. The Bertz CT molecular complexity index is 152. The van der Waals surface area contributed by atoms with E-state index in [2.05, 4.69) is 20.8 Å². The minimum absolute atomic E-state index is 0. The maximum absolute atomic E-state index is 8.89. The third-order valence-electron chi connectivity index (χ3n) is 0. The fraction of sp³-hybridized carbons (Fsp3) is 0. The van der Waals surface area contributed by atoms with Crippen molar-refractivity contribution < 1.29 is 56.3 Å². The Kier molecular flexibility index (Phi) is 87.3. The van der Waals surface area contributed by atoms with E-state index in [4.69, 9.17) is 33.9 Å². The summed E-state index contributed by atoms with van der Waals surface area (Å²) >= 11 is 1.94. The average molecular weight is 282 g/mol. The van der Waals surface area contributed by atoms with Crippen LogP contribution in [0.3, 0.4) is 0 Å². The quantitative estimate of drug-likeness (QED) is 0.339. The summed E-state index contributed by atoms with van der Waals surface area (Å²) < 4.78 is 6.81. The molecule has 0 saturated heterocycles. The van der Waals surface area contributed by atoms with E-state index >= 15 is 0 Å². The molecule has 0 aromatic rings. The molecule has 0 atom stereocenters. The Balaban J connectivity index is -0.0000000205. The van der Waals surface area contributed by atoms with Crippen molar-refractivity contribution in [3.63, 3.8) is 0 Å². The maximum atomic E-state index is 8.89. The molecule has 0 rings (SSSR count). The molecule has 16 heavy (non-hydrogen) atoms. The minimum atomic E-state index is -1.08. The van der Waals surface area contributed by atoms with Crippen LogP contribution in [0.5, 0.6) is 0 Å². The normalized spacial score (nSPS) is 4.69. The van der Waals surface area contributed by atoms with Crippen molar-refractivity contribution in [1.82, 2.24) is 0 Å². The van der Waals surface area contributed by atoms with Gasteiger partial charge in [-0.2, -0.15) is 0 Å². The zero-order valence-electron chi connectivity index (χ0n) is 8.01. The molecule has 0 aliphatic carbocycles.